The second-order valence-corrected chi connectivity index (χ2v) is 4.11. The van der Waals surface area contributed by atoms with Crippen molar-refractivity contribution in [2.24, 2.45) is 5.73 Å². The van der Waals surface area contributed by atoms with E-state index in [4.69, 9.17) is 5.73 Å². The van der Waals surface area contributed by atoms with Crippen molar-refractivity contribution in [2.45, 2.75) is 32.2 Å². The quantitative estimate of drug-likeness (QED) is 0.787. The second-order valence-electron chi connectivity index (χ2n) is 4.11. The van der Waals surface area contributed by atoms with E-state index in [2.05, 4.69) is 15.1 Å². The average molecular weight is 206 g/mol. The molecule has 15 heavy (non-hydrogen) atoms. The topological polar surface area (TPSA) is 55.0 Å². The van der Waals surface area contributed by atoms with Crippen LogP contribution in [0.2, 0.25) is 0 Å². The lowest BCUT2D eigenvalue weighted by molar-refractivity contribution is 0.460. The van der Waals surface area contributed by atoms with Gasteiger partial charge in [0.25, 0.3) is 0 Å². The molecule has 0 aromatic carbocycles. The SMILES string of the molecule is Cc1ccc(N2CCCC[C@H]2CN)nn1. The van der Waals surface area contributed by atoms with Crippen molar-refractivity contribution in [2.75, 3.05) is 18.0 Å². The van der Waals surface area contributed by atoms with Crippen molar-refractivity contribution < 1.29 is 0 Å². The Kier molecular flexibility index (Phi) is 3.16. The smallest absolute Gasteiger partial charge is 0.151 e. The molecule has 0 radical (unpaired) electrons. The number of anilines is 1. The lowest BCUT2D eigenvalue weighted by atomic mass is 10.0. The average Bonchev–Trinajstić information content (AvgIpc) is 2.30. The Morgan fingerprint density at radius 2 is 2.27 bits per heavy atom. The van der Waals surface area contributed by atoms with Crippen LogP contribution in [-0.2, 0) is 0 Å². The normalized spacial score (nSPS) is 21.7. The molecule has 2 N–H and O–H groups in total. The van der Waals surface area contributed by atoms with Gasteiger partial charge in [-0.3, -0.25) is 0 Å². The van der Waals surface area contributed by atoms with E-state index < -0.39 is 0 Å². The maximum Gasteiger partial charge on any atom is 0.151 e. The molecule has 1 aliphatic heterocycles. The summed E-state index contributed by atoms with van der Waals surface area (Å²) in [5.74, 6) is 0.968. The van der Waals surface area contributed by atoms with Gasteiger partial charge < -0.3 is 10.6 Å². The summed E-state index contributed by atoms with van der Waals surface area (Å²) in [4.78, 5) is 2.29. The van der Waals surface area contributed by atoms with Gasteiger partial charge in [0.05, 0.1) is 5.69 Å². The van der Waals surface area contributed by atoms with Crippen molar-refractivity contribution in [1.82, 2.24) is 10.2 Å². The van der Waals surface area contributed by atoms with Crippen LogP contribution >= 0.6 is 0 Å². The Hall–Kier alpha value is -1.16. The summed E-state index contributed by atoms with van der Waals surface area (Å²) >= 11 is 0. The van der Waals surface area contributed by atoms with Gasteiger partial charge in [-0.15, -0.1) is 5.10 Å². The first-order chi connectivity index (χ1) is 7.31. The summed E-state index contributed by atoms with van der Waals surface area (Å²) in [6.45, 7) is 3.71. The molecule has 2 heterocycles. The molecule has 1 saturated heterocycles. The zero-order valence-corrected chi connectivity index (χ0v) is 9.19. The zero-order valence-electron chi connectivity index (χ0n) is 9.19. The monoisotopic (exact) mass is 206 g/mol. The first-order valence-electron chi connectivity index (χ1n) is 5.58. The molecule has 1 fully saturated rings. The van der Waals surface area contributed by atoms with E-state index in [1.807, 2.05) is 19.1 Å². The van der Waals surface area contributed by atoms with Crippen LogP contribution in [0.1, 0.15) is 25.0 Å². The minimum atomic E-state index is 0.441. The third-order valence-electron chi connectivity index (χ3n) is 2.98. The molecule has 0 spiro atoms. The second kappa shape index (κ2) is 4.57. The minimum absolute atomic E-state index is 0.441. The van der Waals surface area contributed by atoms with Gasteiger partial charge in [-0.25, -0.2) is 0 Å². The van der Waals surface area contributed by atoms with Crippen LogP contribution in [0, 0.1) is 6.92 Å². The summed E-state index contributed by atoms with van der Waals surface area (Å²) in [5, 5.41) is 8.31. The van der Waals surface area contributed by atoms with Gasteiger partial charge in [0.1, 0.15) is 0 Å². The first kappa shape index (κ1) is 10.4. The summed E-state index contributed by atoms with van der Waals surface area (Å²) in [7, 11) is 0. The Morgan fingerprint density at radius 3 is 2.93 bits per heavy atom. The number of aromatic nitrogens is 2. The fraction of sp³-hybridized carbons (Fsp3) is 0.636. The fourth-order valence-electron chi connectivity index (χ4n) is 2.09. The molecule has 2 rings (SSSR count). The molecule has 1 aromatic heterocycles. The van der Waals surface area contributed by atoms with Gasteiger partial charge in [-0.05, 0) is 38.3 Å². The summed E-state index contributed by atoms with van der Waals surface area (Å²) in [5.41, 5.74) is 6.73. The highest BCUT2D eigenvalue weighted by Crippen LogP contribution is 2.21. The molecular weight excluding hydrogens is 188 g/mol. The third kappa shape index (κ3) is 2.26. The molecule has 82 valence electrons. The molecule has 0 amide bonds. The summed E-state index contributed by atoms with van der Waals surface area (Å²) in [6, 6.07) is 4.48. The Balaban J connectivity index is 2.16. The van der Waals surface area contributed by atoms with E-state index in [9.17, 15) is 0 Å². The van der Waals surface area contributed by atoms with E-state index in [0.717, 1.165) is 18.1 Å². The van der Waals surface area contributed by atoms with Crippen LogP contribution in [0.25, 0.3) is 0 Å². The van der Waals surface area contributed by atoms with Crippen LogP contribution in [-0.4, -0.2) is 29.3 Å². The predicted octanol–water partition coefficient (Wildman–Crippen LogP) is 1.10. The standard InChI is InChI=1S/C11H18N4/c1-9-5-6-11(14-13-9)15-7-3-2-4-10(15)8-12/h5-6,10H,2-4,7-8,12H2,1H3/t10-/m0/s1. The number of aryl methyl sites for hydroxylation is 1. The lowest BCUT2D eigenvalue weighted by Gasteiger charge is -2.35. The van der Waals surface area contributed by atoms with E-state index in [1.165, 1.54) is 19.3 Å². The highest BCUT2D eigenvalue weighted by Gasteiger charge is 2.22. The number of hydrogen-bond donors (Lipinski definition) is 1. The molecule has 4 heteroatoms. The molecule has 0 unspecified atom stereocenters. The molecule has 4 nitrogen and oxygen atoms in total. The highest BCUT2D eigenvalue weighted by molar-refractivity contribution is 5.39. The maximum atomic E-state index is 5.77. The van der Waals surface area contributed by atoms with Gasteiger partial charge in [-0.1, -0.05) is 0 Å². The van der Waals surface area contributed by atoms with Crippen LogP contribution in [0.4, 0.5) is 5.82 Å². The van der Waals surface area contributed by atoms with E-state index >= 15 is 0 Å². The maximum absolute atomic E-state index is 5.77. The van der Waals surface area contributed by atoms with Gasteiger partial charge in [0.2, 0.25) is 0 Å². The van der Waals surface area contributed by atoms with Gasteiger partial charge >= 0.3 is 0 Å². The molecule has 1 atom stereocenters. The number of nitrogens with zero attached hydrogens (tertiary/aromatic N) is 3. The van der Waals surface area contributed by atoms with Gasteiger partial charge in [0, 0.05) is 19.1 Å². The van der Waals surface area contributed by atoms with Crippen molar-refractivity contribution in [3.8, 4) is 0 Å². The van der Waals surface area contributed by atoms with E-state index in [0.29, 0.717) is 12.6 Å². The Bertz CT molecular complexity index is 309. The molecule has 1 aromatic rings. The van der Waals surface area contributed by atoms with E-state index in [-0.39, 0.29) is 0 Å². The molecule has 0 bridgehead atoms. The number of rotatable bonds is 2. The van der Waals surface area contributed by atoms with Crippen LogP contribution in [0.5, 0.6) is 0 Å². The Labute approximate surface area is 90.5 Å². The van der Waals surface area contributed by atoms with Crippen molar-refractivity contribution in [1.29, 1.82) is 0 Å². The van der Waals surface area contributed by atoms with Crippen LogP contribution < -0.4 is 10.6 Å². The highest BCUT2D eigenvalue weighted by atomic mass is 15.3. The molecule has 1 aliphatic rings. The lowest BCUT2D eigenvalue weighted by Crippen LogP contribution is -2.44. The summed E-state index contributed by atoms with van der Waals surface area (Å²) in [6.07, 6.45) is 3.68. The van der Waals surface area contributed by atoms with Crippen molar-refractivity contribution in [3.05, 3.63) is 17.8 Å². The van der Waals surface area contributed by atoms with Gasteiger partial charge in [0.15, 0.2) is 5.82 Å². The number of piperidine rings is 1. The summed E-state index contributed by atoms with van der Waals surface area (Å²) < 4.78 is 0. The van der Waals surface area contributed by atoms with Gasteiger partial charge in [-0.2, -0.15) is 5.10 Å². The van der Waals surface area contributed by atoms with E-state index in [1.54, 1.807) is 0 Å². The van der Waals surface area contributed by atoms with Crippen molar-refractivity contribution in [3.63, 3.8) is 0 Å². The Morgan fingerprint density at radius 1 is 1.40 bits per heavy atom. The number of nitrogens with two attached hydrogens (primary N) is 1. The number of hydrogen-bond acceptors (Lipinski definition) is 4. The molecular formula is C11H18N4. The van der Waals surface area contributed by atoms with Crippen molar-refractivity contribution >= 4 is 5.82 Å². The largest absolute Gasteiger partial charge is 0.351 e. The predicted molar refractivity (Wildman–Crippen MR) is 60.8 cm³/mol. The third-order valence-corrected chi connectivity index (χ3v) is 2.98. The minimum Gasteiger partial charge on any atom is -0.351 e. The van der Waals surface area contributed by atoms with Crippen LogP contribution in [0.3, 0.4) is 0 Å². The fourth-order valence-corrected chi connectivity index (χ4v) is 2.09. The molecule has 0 saturated carbocycles. The van der Waals surface area contributed by atoms with Crippen LogP contribution in [0.15, 0.2) is 12.1 Å². The molecule has 0 aliphatic carbocycles. The zero-order chi connectivity index (χ0) is 10.7. The first-order valence-corrected chi connectivity index (χ1v) is 5.58.